The highest BCUT2D eigenvalue weighted by molar-refractivity contribution is 5.95. The number of likely N-dealkylation sites (tertiary alicyclic amines) is 1. The summed E-state index contributed by atoms with van der Waals surface area (Å²) >= 11 is 0. The van der Waals surface area contributed by atoms with E-state index in [2.05, 4.69) is 10.6 Å². The van der Waals surface area contributed by atoms with Gasteiger partial charge in [-0.15, -0.1) is 0 Å². The topological polar surface area (TPSA) is 125 Å². The van der Waals surface area contributed by atoms with Gasteiger partial charge < -0.3 is 10.1 Å². The number of nitrogens with one attached hydrogen (secondary N) is 2. The fourth-order valence-corrected chi connectivity index (χ4v) is 5.56. The van der Waals surface area contributed by atoms with E-state index in [-0.39, 0.29) is 31.0 Å². The van der Waals surface area contributed by atoms with E-state index in [1.807, 2.05) is 6.92 Å². The molecule has 2 heterocycles. The maximum Gasteiger partial charge on any atom is 0.432 e. The van der Waals surface area contributed by atoms with Crippen LogP contribution in [0.3, 0.4) is 0 Å². The summed E-state index contributed by atoms with van der Waals surface area (Å²) in [6.45, 7) is 2.98. The minimum atomic E-state index is -0.672. The molecule has 0 aromatic carbocycles. The summed E-state index contributed by atoms with van der Waals surface area (Å²) in [5.41, 5.74) is 0. The van der Waals surface area contributed by atoms with Gasteiger partial charge in [0.05, 0.1) is 25.1 Å². The highest BCUT2D eigenvalue weighted by Crippen LogP contribution is 2.35. The maximum atomic E-state index is 13.8. The fraction of sp³-hybridized carbons (Fsp3) is 0.818. The maximum absolute atomic E-state index is 13.8. The lowest BCUT2D eigenvalue weighted by atomic mass is 9.91. The minimum Gasteiger partial charge on any atom is -0.376 e. The first-order valence-electron chi connectivity index (χ1n) is 11.9. The number of nitrogens with zero attached hydrogens (tertiary/aromatic N) is 2. The van der Waals surface area contributed by atoms with Crippen LogP contribution in [-0.4, -0.2) is 77.5 Å². The van der Waals surface area contributed by atoms with Gasteiger partial charge in [0.25, 0.3) is 0 Å². The van der Waals surface area contributed by atoms with Gasteiger partial charge in [0.15, 0.2) is 0 Å². The van der Waals surface area contributed by atoms with Gasteiger partial charge in [0.2, 0.25) is 6.41 Å². The number of carbonyl (C=O) groups is 4. The Kier molecular flexibility index (Phi) is 8.61. The number of amides is 6. The summed E-state index contributed by atoms with van der Waals surface area (Å²) in [4.78, 5) is 50.6. The molecule has 0 radical (unpaired) electrons. The minimum absolute atomic E-state index is 0.0546. The number of hydroxylamine groups is 2. The van der Waals surface area contributed by atoms with Crippen molar-refractivity contribution < 1.29 is 33.6 Å². The van der Waals surface area contributed by atoms with Crippen molar-refractivity contribution in [1.29, 1.82) is 0 Å². The second-order valence-corrected chi connectivity index (χ2v) is 9.51. The van der Waals surface area contributed by atoms with Crippen LogP contribution in [0.25, 0.3) is 0 Å². The third-order valence-corrected chi connectivity index (χ3v) is 7.35. The van der Waals surface area contributed by atoms with Crippen molar-refractivity contribution in [2.75, 3.05) is 26.2 Å². The highest BCUT2D eigenvalue weighted by atomic mass is 16.5. The summed E-state index contributed by atoms with van der Waals surface area (Å²) in [6.07, 6.45) is 8.14. The first kappa shape index (κ1) is 24.6. The molecular formula is C22H37N4O6+. The molecule has 32 heavy (non-hydrogen) atoms. The summed E-state index contributed by atoms with van der Waals surface area (Å²) < 4.78 is 5.01. The molecule has 1 aliphatic carbocycles. The Labute approximate surface area is 189 Å². The Hall–Kier alpha value is -2.04. The van der Waals surface area contributed by atoms with Crippen LogP contribution >= 0.6 is 0 Å². The van der Waals surface area contributed by atoms with Gasteiger partial charge in [-0.2, -0.15) is 4.48 Å². The highest BCUT2D eigenvalue weighted by Gasteiger charge is 2.55. The Bertz CT molecular complexity index is 692. The van der Waals surface area contributed by atoms with Crippen LogP contribution in [0.4, 0.5) is 9.59 Å². The number of hydrogen-bond acceptors (Lipinski definition) is 6. The first-order valence-corrected chi connectivity index (χ1v) is 11.9. The number of ether oxygens (including phenoxy) is 1. The Morgan fingerprint density at radius 2 is 1.91 bits per heavy atom. The quantitative estimate of drug-likeness (QED) is 0.224. The number of quaternary nitrogens is 1. The van der Waals surface area contributed by atoms with E-state index in [1.165, 1.54) is 0 Å². The second-order valence-electron chi connectivity index (χ2n) is 9.51. The van der Waals surface area contributed by atoms with Gasteiger partial charge in [-0.1, -0.05) is 25.7 Å². The first-order chi connectivity index (χ1) is 15.4. The standard InChI is InChI=1S/C22H36N4O6/c1-16-6-4-10-26(16,22(30)24-21(29)23-13-19-9-5-11-32-19)20(28)18(14-25(31)15-27)12-17-7-2-3-8-17/h15-19,31H,2-14H2,1H3,(H-,23,24,29,30)/p+1/t16-,18-,19?,26?/m1/s1. The molecule has 3 aliphatic rings. The predicted octanol–water partition coefficient (Wildman–Crippen LogP) is 2.15. The number of urea groups is 2. The summed E-state index contributed by atoms with van der Waals surface area (Å²) in [5.74, 6) is -0.665. The molecule has 6 amide bonds. The molecule has 4 atom stereocenters. The van der Waals surface area contributed by atoms with Gasteiger partial charge >= 0.3 is 18.0 Å². The molecule has 180 valence electrons. The molecule has 2 unspecified atom stereocenters. The molecule has 2 saturated heterocycles. The van der Waals surface area contributed by atoms with Crippen molar-refractivity contribution in [3.05, 3.63) is 0 Å². The largest absolute Gasteiger partial charge is 0.432 e. The van der Waals surface area contributed by atoms with Gasteiger partial charge in [-0.05, 0) is 32.1 Å². The summed E-state index contributed by atoms with van der Waals surface area (Å²) in [6, 6.07) is -1.57. The molecule has 2 aliphatic heterocycles. The molecule has 0 bridgehead atoms. The zero-order valence-electron chi connectivity index (χ0n) is 19.0. The molecule has 10 heteroatoms. The van der Waals surface area contributed by atoms with Crippen LogP contribution in [0.15, 0.2) is 0 Å². The Balaban J connectivity index is 1.72. The summed E-state index contributed by atoms with van der Waals surface area (Å²) in [5, 5.41) is 15.4. The average Bonchev–Trinajstić information content (AvgIpc) is 3.54. The van der Waals surface area contributed by atoms with Crippen molar-refractivity contribution in [2.45, 2.75) is 76.9 Å². The molecule has 3 fully saturated rings. The second kappa shape index (κ2) is 11.2. The van der Waals surface area contributed by atoms with Crippen molar-refractivity contribution in [3.63, 3.8) is 0 Å². The SMILES string of the molecule is C[C@@H]1CCC[N+]1(C(=O)NC(=O)NCC1CCCO1)C(=O)[C@H](CC1CCCC1)CN(O)C=O. The van der Waals surface area contributed by atoms with E-state index < -0.39 is 22.5 Å². The number of imide groups is 2. The smallest absolute Gasteiger partial charge is 0.376 e. The Morgan fingerprint density at radius 3 is 2.50 bits per heavy atom. The van der Waals surface area contributed by atoms with Crippen molar-refractivity contribution >= 4 is 24.4 Å². The number of carbonyl (C=O) groups excluding carboxylic acids is 4. The molecule has 3 rings (SSSR count). The third kappa shape index (κ3) is 5.65. The van der Waals surface area contributed by atoms with E-state index in [9.17, 15) is 24.4 Å². The molecule has 10 nitrogen and oxygen atoms in total. The van der Waals surface area contributed by atoms with Gasteiger partial charge in [0, 0.05) is 26.0 Å². The van der Waals surface area contributed by atoms with Crippen molar-refractivity contribution in [1.82, 2.24) is 15.7 Å². The van der Waals surface area contributed by atoms with Gasteiger partial charge in [-0.25, -0.2) is 24.8 Å². The zero-order valence-corrected chi connectivity index (χ0v) is 19.0. The third-order valence-electron chi connectivity index (χ3n) is 7.35. The molecule has 3 N–H and O–H groups in total. The van der Waals surface area contributed by atoms with Crippen molar-refractivity contribution in [2.24, 2.45) is 11.8 Å². The van der Waals surface area contributed by atoms with Gasteiger partial charge in [0.1, 0.15) is 6.04 Å². The molecule has 0 aromatic heterocycles. The van der Waals surface area contributed by atoms with E-state index in [0.717, 1.165) is 38.5 Å². The van der Waals surface area contributed by atoms with E-state index in [1.54, 1.807) is 0 Å². The molecule has 0 aromatic rings. The van der Waals surface area contributed by atoms with Crippen molar-refractivity contribution in [3.8, 4) is 0 Å². The molecular weight excluding hydrogens is 416 g/mol. The van der Waals surface area contributed by atoms with E-state index in [0.29, 0.717) is 49.9 Å². The normalized spacial score (nSPS) is 28.9. The lowest BCUT2D eigenvalue weighted by Crippen LogP contribution is -2.66. The number of hydrogen-bond donors (Lipinski definition) is 3. The van der Waals surface area contributed by atoms with E-state index in [4.69, 9.17) is 4.74 Å². The monoisotopic (exact) mass is 453 g/mol. The van der Waals surface area contributed by atoms with Crippen LogP contribution in [0.5, 0.6) is 0 Å². The summed E-state index contributed by atoms with van der Waals surface area (Å²) in [7, 11) is 0. The van der Waals surface area contributed by atoms with Crippen LogP contribution < -0.4 is 10.6 Å². The lowest BCUT2D eigenvalue weighted by Gasteiger charge is -2.36. The van der Waals surface area contributed by atoms with Crippen LogP contribution in [0, 0.1) is 11.8 Å². The number of rotatable bonds is 8. The molecule has 0 spiro atoms. The van der Waals surface area contributed by atoms with Crippen LogP contribution in [-0.2, 0) is 14.3 Å². The fourth-order valence-electron chi connectivity index (χ4n) is 5.56. The van der Waals surface area contributed by atoms with E-state index >= 15 is 0 Å². The zero-order chi connectivity index (χ0) is 23.1. The Morgan fingerprint density at radius 1 is 1.16 bits per heavy atom. The predicted molar refractivity (Wildman–Crippen MR) is 114 cm³/mol. The van der Waals surface area contributed by atoms with Crippen LogP contribution in [0.1, 0.15) is 64.7 Å². The average molecular weight is 454 g/mol. The lowest BCUT2D eigenvalue weighted by molar-refractivity contribution is -0.786. The van der Waals surface area contributed by atoms with Crippen LogP contribution in [0.2, 0.25) is 0 Å². The molecule has 1 saturated carbocycles. The van der Waals surface area contributed by atoms with Gasteiger partial charge in [-0.3, -0.25) is 10.0 Å².